The van der Waals surface area contributed by atoms with E-state index in [0.29, 0.717) is 13.1 Å². The molecule has 0 heterocycles. The van der Waals surface area contributed by atoms with Crippen molar-refractivity contribution in [1.82, 2.24) is 0 Å². The molecule has 0 saturated heterocycles. The van der Waals surface area contributed by atoms with Gasteiger partial charge in [-0.25, -0.2) is 0 Å². The highest BCUT2D eigenvalue weighted by Gasteiger charge is 2.17. The van der Waals surface area contributed by atoms with Gasteiger partial charge in [0.05, 0.1) is 6.61 Å². The van der Waals surface area contributed by atoms with E-state index in [4.69, 9.17) is 4.74 Å². The van der Waals surface area contributed by atoms with Crippen molar-refractivity contribution in [3.05, 3.63) is 12.2 Å². The van der Waals surface area contributed by atoms with E-state index in [-0.39, 0.29) is 5.41 Å². The van der Waals surface area contributed by atoms with E-state index in [1.807, 2.05) is 6.92 Å². The average molecular weight is 170 g/mol. The second kappa shape index (κ2) is 4.96. The fourth-order valence-electron chi connectivity index (χ4n) is 0.884. The SMILES string of the molecule is C=C(C)CCC(C)(C)COC=O. The molecule has 70 valence electrons. The van der Waals surface area contributed by atoms with Crippen LogP contribution < -0.4 is 0 Å². The van der Waals surface area contributed by atoms with Crippen LogP contribution in [0.1, 0.15) is 33.6 Å². The van der Waals surface area contributed by atoms with E-state index in [0.717, 1.165) is 12.8 Å². The van der Waals surface area contributed by atoms with Gasteiger partial charge in [0.25, 0.3) is 6.47 Å². The molecule has 0 aromatic rings. The molecule has 0 aliphatic carbocycles. The molecule has 0 fully saturated rings. The zero-order valence-corrected chi connectivity index (χ0v) is 8.22. The van der Waals surface area contributed by atoms with E-state index in [9.17, 15) is 4.79 Å². The summed E-state index contributed by atoms with van der Waals surface area (Å²) in [6, 6.07) is 0. The van der Waals surface area contributed by atoms with Crippen molar-refractivity contribution in [1.29, 1.82) is 0 Å². The lowest BCUT2D eigenvalue weighted by Crippen LogP contribution is -2.18. The monoisotopic (exact) mass is 170 g/mol. The molecule has 0 aromatic carbocycles. The minimum Gasteiger partial charge on any atom is -0.467 e. The molecule has 0 spiro atoms. The van der Waals surface area contributed by atoms with Gasteiger partial charge in [-0.3, -0.25) is 4.79 Å². The highest BCUT2D eigenvalue weighted by Crippen LogP contribution is 2.24. The van der Waals surface area contributed by atoms with Gasteiger partial charge in [-0.2, -0.15) is 0 Å². The zero-order valence-electron chi connectivity index (χ0n) is 8.22. The summed E-state index contributed by atoms with van der Waals surface area (Å²) in [5.41, 5.74) is 1.24. The summed E-state index contributed by atoms with van der Waals surface area (Å²) in [5, 5.41) is 0. The van der Waals surface area contributed by atoms with Gasteiger partial charge in [-0.1, -0.05) is 19.4 Å². The van der Waals surface area contributed by atoms with E-state index < -0.39 is 0 Å². The number of ether oxygens (including phenoxy) is 1. The van der Waals surface area contributed by atoms with E-state index in [1.165, 1.54) is 5.57 Å². The van der Waals surface area contributed by atoms with Gasteiger partial charge in [0.1, 0.15) is 0 Å². The molecular formula is C10H18O2. The lowest BCUT2D eigenvalue weighted by atomic mass is 9.87. The van der Waals surface area contributed by atoms with E-state index in [2.05, 4.69) is 20.4 Å². The molecule has 0 amide bonds. The number of allylic oxidation sites excluding steroid dienone is 1. The van der Waals surface area contributed by atoms with Crippen LogP contribution in [0.4, 0.5) is 0 Å². The van der Waals surface area contributed by atoms with Gasteiger partial charge in [0.2, 0.25) is 0 Å². The molecule has 0 aliphatic rings. The van der Waals surface area contributed by atoms with Crippen molar-refractivity contribution in [2.24, 2.45) is 5.41 Å². The molecule has 0 bridgehead atoms. The number of hydrogen-bond acceptors (Lipinski definition) is 2. The Hall–Kier alpha value is -0.790. The van der Waals surface area contributed by atoms with Crippen LogP contribution in [-0.2, 0) is 9.53 Å². The van der Waals surface area contributed by atoms with Crippen LogP contribution in [0.2, 0.25) is 0 Å². The van der Waals surface area contributed by atoms with Crippen molar-refractivity contribution in [2.75, 3.05) is 6.61 Å². The van der Waals surface area contributed by atoms with Gasteiger partial charge < -0.3 is 4.74 Å². The average Bonchev–Trinajstić information content (AvgIpc) is 1.98. The Balaban J connectivity index is 3.69. The summed E-state index contributed by atoms with van der Waals surface area (Å²) < 4.78 is 4.72. The molecule has 0 rings (SSSR count). The molecule has 0 aliphatic heterocycles. The molecule has 0 saturated carbocycles. The van der Waals surface area contributed by atoms with Crippen LogP contribution in [0, 0.1) is 5.41 Å². The Morgan fingerprint density at radius 2 is 2.17 bits per heavy atom. The standard InChI is InChI=1S/C10H18O2/c1-9(2)5-6-10(3,4)7-12-8-11/h8H,1,5-7H2,2-4H3. The van der Waals surface area contributed by atoms with Crippen molar-refractivity contribution < 1.29 is 9.53 Å². The maximum Gasteiger partial charge on any atom is 0.293 e. The minimum absolute atomic E-state index is 0.0693. The van der Waals surface area contributed by atoms with Crippen molar-refractivity contribution in [2.45, 2.75) is 33.6 Å². The topological polar surface area (TPSA) is 26.3 Å². The molecule has 0 N–H and O–H groups in total. The summed E-state index contributed by atoms with van der Waals surface area (Å²) in [5.74, 6) is 0. The predicted octanol–water partition coefficient (Wildman–Crippen LogP) is 2.54. The summed E-state index contributed by atoms with van der Waals surface area (Å²) in [6.45, 7) is 11.0. The van der Waals surface area contributed by atoms with Crippen molar-refractivity contribution >= 4 is 6.47 Å². The lowest BCUT2D eigenvalue weighted by Gasteiger charge is -2.22. The molecule has 2 nitrogen and oxygen atoms in total. The van der Waals surface area contributed by atoms with Crippen LogP contribution in [-0.4, -0.2) is 13.1 Å². The van der Waals surface area contributed by atoms with Gasteiger partial charge in [-0.05, 0) is 25.2 Å². The van der Waals surface area contributed by atoms with Gasteiger partial charge in [0.15, 0.2) is 0 Å². The molecule has 0 unspecified atom stereocenters. The third-order valence-electron chi connectivity index (χ3n) is 1.77. The Kier molecular flexibility index (Phi) is 4.64. The van der Waals surface area contributed by atoms with Crippen LogP contribution in [0.15, 0.2) is 12.2 Å². The second-order valence-electron chi connectivity index (χ2n) is 4.03. The third-order valence-corrected chi connectivity index (χ3v) is 1.77. The molecular weight excluding hydrogens is 152 g/mol. The first kappa shape index (κ1) is 11.2. The Labute approximate surface area is 74.6 Å². The van der Waals surface area contributed by atoms with E-state index >= 15 is 0 Å². The van der Waals surface area contributed by atoms with Crippen LogP contribution in [0.25, 0.3) is 0 Å². The summed E-state index contributed by atoms with van der Waals surface area (Å²) in [6.07, 6.45) is 2.01. The first-order valence-corrected chi connectivity index (χ1v) is 4.17. The molecule has 12 heavy (non-hydrogen) atoms. The summed E-state index contributed by atoms with van der Waals surface area (Å²) >= 11 is 0. The quantitative estimate of drug-likeness (QED) is 0.452. The lowest BCUT2D eigenvalue weighted by molar-refractivity contribution is -0.131. The zero-order chi connectivity index (χ0) is 9.61. The van der Waals surface area contributed by atoms with Gasteiger partial charge >= 0.3 is 0 Å². The van der Waals surface area contributed by atoms with Crippen LogP contribution in [0.3, 0.4) is 0 Å². The Morgan fingerprint density at radius 1 is 1.58 bits per heavy atom. The number of carbonyl (C=O) groups excluding carboxylic acids is 1. The number of hydrogen-bond donors (Lipinski definition) is 0. The largest absolute Gasteiger partial charge is 0.467 e. The Bertz CT molecular complexity index is 159. The van der Waals surface area contributed by atoms with Gasteiger partial charge in [0, 0.05) is 0 Å². The Morgan fingerprint density at radius 3 is 2.58 bits per heavy atom. The van der Waals surface area contributed by atoms with Crippen molar-refractivity contribution in [3.8, 4) is 0 Å². The minimum atomic E-state index is 0.0693. The number of carbonyl (C=O) groups is 1. The predicted molar refractivity (Wildman–Crippen MR) is 49.8 cm³/mol. The molecule has 0 aromatic heterocycles. The van der Waals surface area contributed by atoms with Crippen LogP contribution >= 0.6 is 0 Å². The molecule has 2 heteroatoms. The van der Waals surface area contributed by atoms with E-state index in [1.54, 1.807) is 0 Å². The van der Waals surface area contributed by atoms with Gasteiger partial charge in [-0.15, -0.1) is 6.58 Å². The maximum atomic E-state index is 9.95. The summed E-state index contributed by atoms with van der Waals surface area (Å²) in [4.78, 5) is 9.95. The highest BCUT2D eigenvalue weighted by molar-refractivity contribution is 5.36. The smallest absolute Gasteiger partial charge is 0.293 e. The van der Waals surface area contributed by atoms with Crippen molar-refractivity contribution in [3.63, 3.8) is 0 Å². The molecule has 0 radical (unpaired) electrons. The first-order valence-electron chi connectivity index (χ1n) is 4.17. The van der Waals surface area contributed by atoms with Crippen LogP contribution in [0.5, 0.6) is 0 Å². The summed E-state index contributed by atoms with van der Waals surface area (Å²) in [7, 11) is 0. The normalized spacial score (nSPS) is 10.9. The molecule has 0 atom stereocenters. The fraction of sp³-hybridized carbons (Fsp3) is 0.700. The first-order chi connectivity index (χ1) is 5.48. The fourth-order valence-corrected chi connectivity index (χ4v) is 0.884. The third kappa shape index (κ3) is 5.96. The second-order valence-corrected chi connectivity index (χ2v) is 4.03. The number of rotatable bonds is 6. The maximum absolute atomic E-state index is 9.95. The highest BCUT2D eigenvalue weighted by atomic mass is 16.5.